The van der Waals surface area contributed by atoms with Crippen LogP contribution in [0.4, 0.5) is 0 Å². The Hall–Kier alpha value is -3.22. The summed E-state index contributed by atoms with van der Waals surface area (Å²) >= 11 is 0. The smallest absolute Gasteiger partial charge is 0.338 e. The lowest BCUT2D eigenvalue weighted by molar-refractivity contribution is -0.162. The van der Waals surface area contributed by atoms with E-state index in [1.165, 1.54) is 6.07 Å². The summed E-state index contributed by atoms with van der Waals surface area (Å²) in [6, 6.07) is 8.07. The number of hydrogen-bond donors (Lipinski definition) is 1. The number of carboxylic acids is 1. The summed E-state index contributed by atoms with van der Waals surface area (Å²) in [5, 5.41) is 9.85. The molecule has 1 N–H and O–H groups in total. The first-order chi connectivity index (χ1) is 16.1. The maximum atomic E-state index is 12.0. The van der Waals surface area contributed by atoms with E-state index in [9.17, 15) is 14.7 Å². The van der Waals surface area contributed by atoms with E-state index >= 15 is 0 Å². The molecule has 1 aliphatic heterocycles. The number of ether oxygens (including phenoxy) is 4. The summed E-state index contributed by atoms with van der Waals surface area (Å²) < 4.78 is 51.9. The van der Waals surface area contributed by atoms with Crippen LogP contribution >= 0.6 is 0 Å². The van der Waals surface area contributed by atoms with Crippen LogP contribution in [0.15, 0.2) is 30.3 Å². The number of cyclic esters (lactones) is 1. The van der Waals surface area contributed by atoms with Crippen LogP contribution in [0.5, 0.6) is 17.2 Å². The fraction of sp³-hybridized carbons (Fsp3) is 0.391. The van der Waals surface area contributed by atoms with E-state index in [1.807, 2.05) is 0 Å². The maximum absolute atomic E-state index is 12.0. The van der Waals surface area contributed by atoms with Crippen molar-refractivity contribution >= 4 is 11.9 Å². The fourth-order valence-corrected chi connectivity index (χ4v) is 4.04. The van der Waals surface area contributed by atoms with Gasteiger partial charge >= 0.3 is 11.9 Å². The minimum atomic E-state index is -1.78. The molecule has 0 aromatic heterocycles. The molecular formula is C23H24O7. The summed E-state index contributed by atoms with van der Waals surface area (Å²) in [6.45, 7) is 1.75. The number of carbonyl (C=O) groups excluding carboxylic acids is 1. The standard InChI is InChI=1S/C23H24O7/c1-13(23(22(25)26)9-4-10-23)30-19-16(7-8-18(27-2)20(19)28-3)14-5-6-17-15(11-14)12-29-21(17)24/h5-8,11,13H,4,9-10,12H2,1-3H3,(H,25,26)/i2D2,3D2. The Balaban J connectivity index is 1.85. The molecule has 1 heterocycles. The predicted octanol–water partition coefficient (Wildman–Crippen LogP) is 4.06. The van der Waals surface area contributed by atoms with Crippen molar-refractivity contribution in [3.63, 3.8) is 0 Å². The third-order valence-electron chi connectivity index (χ3n) is 6.06. The molecule has 30 heavy (non-hydrogen) atoms. The van der Waals surface area contributed by atoms with Crippen molar-refractivity contribution in [1.29, 1.82) is 0 Å². The fourth-order valence-electron chi connectivity index (χ4n) is 4.04. The van der Waals surface area contributed by atoms with Gasteiger partial charge in [0.2, 0.25) is 5.75 Å². The van der Waals surface area contributed by atoms with Gasteiger partial charge in [-0.05, 0) is 49.6 Å². The van der Waals surface area contributed by atoms with Crippen LogP contribution in [0.25, 0.3) is 11.1 Å². The Bertz CT molecular complexity index is 1110. The van der Waals surface area contributed by atoms with Gasteiger partial charge in [-0.2, -0.15) is 0 Å². The normalized spacial score (nSPS) is 19.5. The van der Waals surface area contributed by atoms with E-state index in [2.05, 4.69) is 0 Å². The van der Waals surface area contributed by atoms with Gasteiger partial charge in [0.1, 0.15) is 18.1 Å². The van der Waals surface area contributed by atoms with Crippen molar-refractivity contribution in [2.45, 2.75) is 38.9 Å². The summed E-state index contributed by atoms with van der Waals surface area (Å²) in [7, 11) is -3.50. The van der Waals surface area contributed by atoms with Crippen molar-refractivity contribution in [3.8, 4) is 28.4 Å². The van der Waals surface area contributed by atoms with E-state index in [0.717, 1.165) is 6.42 Å². The minimum absolute atomic E-state index is 0.0351. The molecule has 0 spiro atoms. The number of fused-ring (bicyclic) bond motifs is 1. The highest BCUT2D eigenvalue weighted by Crippen LogP contribution is 2.50. The van der Waals surface area contributed by atoms with E-state index in [4.69, 9.17) is 24.4 Å². The average Bonchev–Trinajstić information content (AvgIpc) is 3.09. The van der Waals surface area contributed by atoms with E-state index in [0.29, 0.717) is 35.1 Å². The lowest BCUT2D eigenvalue weighted by Crippen LogP contribution is -2.49. The number of carbonyl (C=O) groups is 2. The second kappa shape index (κ2) is 7.55. The largest absolute Gasteiger partial charge is 0.493 e. The highest BCUT2D eigenvalue weighted by Gasteiger charge is 2.50. The van der Waals surface area contributed by atoms with Crippen LogP contribution in [-0.2, 0) is 16.1 Å². The molecule has 1 atom stereocenters. The van der Waals surface area contributed by atoms with Gasteiger partial charge in [0, 0.05) is 11.1 Å². The topological polar surface area (TPSA) is 91.3 Å². The molecule has 1 fully saturated rings. The molecule has 0 amide bonds. The molecule has 1 unspecified atom stereocenters. The van der Waals surface area contributed by atoms with Gasteiger partial charge in [0.15, 0.2) is 11.5 Å². The lowest BCUT2D eigenvalue weighted by atomic mass is 9.65. The summed E-state index contributed by atoms with van der Waals surface area (Å²) in [5.41, 5.74) is 1.07. The number of methoxy groups -OCH3 is 2. The molecule has 1 saturated carbocycles. The minimum Gasteiger partial charge on any atom is -0.493 e. The van der Waals surface area contributed by atoms with Crippen LogP contribution in [0.2, 0.25) is 0 Å². The molecule has 0 bridgehead atoms. The zero-order valence-electron chi connectivity index (χ0n) is 20.3. The van der Waals surface area contributed by atoms with Crippen LogP contribution in [0, 0.1) is 5.41 Å². The first-order valence-electron chi connectivity index (χ1n) is 11.8. The second-order valence-electron chi connectivity index (χ2n) is 7.53. The first kappa shape index (κ1) is 15.6. The Morgan fingerprint density at radius 3 is 2.60 bits per heavy atom. The van der Waals surface area contributed by atoms with E-state index in [1.54, 1.807) is 31.2 Å². The average molecular weight is 416 g/mol. The molecule has 2 aromatic rings. The van der Waals surface area contributed by atoms with Gasteiger partial charge in [0.25, 0.3) is 0 Å². The third kappa shape index (κ3) is 3.05. The second-order valence-corrected chi connectivity index (χ2v) is 7.53. The molecular weight excluding hydrogens is 388 g/mol. The molecule has 7 nitrogen and oxygen atoms in total. The van der Waals surface area contributed by atoms with Crippen molar-refractivity contribution in [2.24, 2.45) is 5.41 Å². The lowest BCUT2D eigenvalue weighted by Gasteiger charge is -2.42. The Morgan fingerprint density at radius 1 is 1.17 bits per heavy atom. The van der Waals surface area contributed by atoms with Crippen LogP contribution in [-0.4, -0.2) is 37.3 Å². The molecule has 2 aromatic carbocycles. The van der Waals surface area contributed by atoms with Crippen LogP contribution < -0.4 is 14.2 Å². The Labute approximate surface area is 180 Å². The number of carboxylic acid groups (broad SMARTS) is 1. The summed E-state index contributed by atoms with van der Waals surface area (Å²) in [6.07, 6.45) is 0.820. The molecule has 1 aliphatic carbocycles. The Kier molecular flexibility index (Phi) is 3.93. The SMILES string of the molecule is [2H]C([2H])Oc1ccc(-c2ccc3c(c2)COC3=O)c(OC(C)C2(C(=O)O)CCC2)c1OC([2H])[2H]. The first-order valence-corrected chi connectivity index (χ1v) is 9.52. The third-order valence-corrected chi connectivity index (χ3v) is 6.06. The van der Waals surface area contributed by atoms with E-state index < -0.39 is 37.6 Å². The number of rotatable bonds is 7. The quantitative estimate of drug-likeness (QED) is 0.681. The van der Waals surface area contributed by atoms with Gasteiger partial charge in [-0.15, -0.1) is 0 Å². The van der Waals surface area contributed by atoms with Crippen molar-refractivity contribution in [3.05, 3.63) is 41.5 Å². The Morgan fingerprint density at radius 2 is 1.93 bits per heavy atom. The molecule has 0 radical (unpaired) electrons. The molecule has 158 valence electrons. The summed E-state index contributed by atoms with van der Waals surface area (Å²) in [5.74, 6) is -1.62. The molecule has 0 saturated heterocycles. The van der Waals surface area contributed by atoms with Gasteiger partial charge < -0.3 is 24.1 Å². The zero-order chi connectivity index (χ0) is 24.6. The number of esters is 1. The number of benzene rings is 2. The van der Waals surface area contributed by atoms with Crippen LogP contribution in [0.1, 0.15) is 47.6 Å². The van der Waals surface area contributed by atoms with Gasteiger partial charge in [0.05, 0.1) is 25.2 Å². The van der Waals surface area contributed by atoms with Crippen molar-refractivity contribution < 1.29 is 39.1 Å². The highest BCUT2D eigenvalue weighted by molar-refractivity contribution is 5.94. The molecule has 7 heteroatoms. The zero-order valence-corrected chi connectivity index (χ0v) is 16.3. The van der Waals surface area contributed by atoms with Crippen LogP contribution in [0.3, 0.4) is 0 Å². The highest BCUT2D eigenvalue weighted by atomic mass is 16.5. The maximum Gasteiger partial charge on any atom is 0.338 e. The monoisotopic (exact) mass is 416 g/mol. The van der Waals surface area contributed by atoms with Gasteiger partial charge in [-0.3, -0.25) is 4.79 Å². The predicted molar refractivity (Wildman–Crippen MR) is 108 cm³/mol. The summed E-state index contributed by atoms with van der Waals surface area (Å²) in [4.78, 5) is 23.9. The molecule has 2 aliphatic rings. The van der Waals surface area contributed by atoms with Crippen molar-refractivity contribution in [2.75, 3.05) is 14.1 Å². The van der Waals surface area contributed by atoms with Gasteiger partial charge in [-0.25, -0.2) is 4.79 Å². The number of hydrogen-bond acceptors (Lipinski definition) is 6. The van der Waals surface area contributed by atoms with Crippen molar-refractivity contribution in [1.82, 2.24) is 0 Å². The molecule has 4 rings (SSSR count). The van der Waals surface area contributed by atoms with E-state index in [-0.39, 0.29) is 23.9 Å². The van der Waals surface area contributed by atoms with Gasteiger partial charge in [-0.1, -0.05) is 12.5 Å². The number of aliphatic carboxylic acids is 1.